The number of furan rings is 1. The minimum Gasteiger partial charge on any atom is -0.455 e. The van der Waals surface area contributed by atoms with E-state index in [1.165, 1.54) is 57.9 Å². The lowest BCUT2D eigenvalue weighted by molar-refractivity contribution is 0.660. The van der Waals surface area contributed by atoms with Gasteiger partial charge in [-0.05, 0) is 83.0 Å². The van der Waals surface area contributed by atoms with Crippen molar-refractivity contribution in [2.45, 2.75) is 12.6 Å². The largest absolute Gasteiger partial charge is 0.455 e. The van der Waals surface area contributed by atoms with Gasteiger partial charge >= 0.3 is 0 Å². The van der Waals surface area contributed by atoms with E-state index in [1.807, 2.05) is 28.7 Å². The van der Waals surface area contributed by atoms with Crippen LogP contribution in [0.5, 0.6) is 0 Å². The van der Waals surface area contributed by atoms with Crippen molar-refractivity contribution in [3.8, 4) is 22.3 Å². The van der Waals surface area contributed by atoms with Gasteiger partial charge in [0.05, 0.1) is 0 Å². The topological polar surface area (TPSA) is 49.9 Å². The molecule has 1 saturated carbocycles. The van der Waals surface area contributed by atoms with Gasteiger partial charge in [-0.1, -0.05) is 121 Å². The normalized spacial score (nSPS) is 18.8. The van der Waals surface area contributed by atoms with Gasteiger partial charge in [-0.3, -0.25) is 0 Å². The van der Waals surface area contributed by atoms with Crippen LogP contribution in [0.1, 0.15) is 17.5 Å². The summed E-state index contributed by atoms with van der Waals surface area (Å²) < 4.78 is 12.1. The van der Waals surface area contributed by atoms with Crippen LogP contribution < -0.4 is 5.32 Å². The Morgan fingerprint density at radius 1 is 0.569 bits per heavy atom. The molecule has 10 aromatic rings. The highest BCUT2D eigenvalue weighted by molar-refractivity contribution is 7.26. The molecule has 4 heterocycles. The molecular formula is C52H33N3OS2. The SMILES string of the molecule is C1=CC2CC2C(C2N=C(c3cccc4oc5c(-c6ccc7c(c6)sc6ccccc67)cc(-c6ccc7c(c6)sc6ccccc67)cc5c34)N=C(c3ccccc3)N2)=C1. The minimum absolute atomic E-state index is 0.205. The van der Waals surface area contributed by atoms with E-state index in [9.17, 15) is 0 Å². The molecule has 2 aliphatic carbocycles. The van der Waals surface area contributed by atoms with Crippen LogP contribution in [0.3, 0.4) is 0 Å². The van der Waals surface area contributed by atoms with Gasteiger partial charge in [0, 0.05) is 67.8 Å². The number of nitrogens with zero attached hydrogens (tertiary/aromatic N) is 2. The van der Waals surface area contributed by atoms with Gasteiger partial charge in [0.15, 0.2) is 5.84 Å². The summed E-state index contributed by atoms with van der Waals surface area (Å²) in [6, 6.07) is 52.6. The fourth-order valence-corrected chi connectivity index (χ4v) is 11.6. The molecule has 3 aromatic heterocycles. The zero-order valence-electron chi connectivity index (χ0n) is 31.1. The average molecular weight is 780 g/mol. The molecule has 58 heavy (non-hydrogen) atoms. The lowest BCUT2D eigenvalue weighted by atomic mass is 9.94. The summed E-state index contributed by atoms with van der Waals surface area (Å²) >= 11 is 3.70. The molecule has 4 nitrogen and oxygen atoms in total. The molecule has 13 rings (SSSR count). The maximum Gasteiger partial charge on any atom is 0.160 e. The molecule has 7 aromatic carbocycles. The first-order valence-electron chi connectivity index (χ1n) is 19.9. The average Bonchev–Trinajstić information content (AvgIpc) is 3.65. The van der Waals surface area contributed by atoms with E-state index in [0.29, 0.717) is 17.7 Å². The van der Waals surface area contributed by atoms with Gasteiger partial charge in [0.1, 0.15) is 23.2 Å². The standard InChI is InChI=1S/C52H33N3OS2/c1-2-10-29(11-3-1)50-53-51(38-15-8-12-31-24-40(31)38)55-52(54-50)39-16-9-17-43-48(39)42-26-33(30-20-22-36-34-13-4-6-18-44(34)57-46(36)27-30)25-41(49(42)56-43)32-21-23-37-35-14-5-7-19-45(35)58-47(37)28-32/h1-23,25-28,31,40,51H,24H2,(H,53,54,55). The van der Waals surface area contributed by atoms with E-state index >= 15 is 0 Å². The Morgan fingerprint density at radius 3 is 2.07 bits per heavy atom. The van der Waals surface area contributed by atoms with Crippen molar-refractivity contribution in [1.29, 1.82) is 0 Å². The number of hydrogen-bond donors (Lipinski definition) is 1. The zero-order valence-corrected chi connectivity index (χ0v) is 32.8. The van der Waals surface area contributed by atoms with Crippen molar-refractivity contribution in [2.75, 3.05) is 0 Å². The Hall–Kier alpha value is -6.60. The molecule has 0 saturated heterocycles. The Morgan fingerprint density at radius 2 is 1.28 bits per heavy atom. The monoisotopic (exact) mass is 779 g/mol. The number of fused-ring (bicyclic) bond motifs is 10. The van der Waals surface area contributed by atoms with E-state index in [1.54, 1.807) is 0 Å². The van der Waals surface area contributed by atoms with Crippen LogP contribution >= 0.6 is 22.7 Å². The summed E-state index contributed by atoms with van der Waals surface area (Å²) in [5.74, 6) is 2.68. The fourth-order valence-electron chi connectivity index (χ4n) is 9.31. The van der Waals surface area contributed by atoms with Crippen LogP contribution in [0.15, 0.2) is 184 Å². The number of hydrogen-bond acceptors (Lipinski definition) is 6. The fraction of sp³-hybridized carbons (Fsp3) is 0.0769. The van der Waals surface area contributed by atoms with Gasteiger partial charge in [-0.25, -0.2) is 9.98 Å². The number of amidine groups is 2. The lowest BCUT2D eigenvalue weighted by Gasteiger charge is -2.26. The van der Waals surface area contributed by atoms with Gasteiger partial charge in [0.25, 0.3) is 0 Å². The smallest absolute Gasteiger partial charge is 0.160 e. The van der Waals surface area contributed by atoms with Crippen LogP contribution in [0.4, 0.5) is 0 Å². The third-order valence-corrected chi connectivity index (χ3v) is 14.5. The van der Waals surface area contributed by atoms with Crippen molar-refractivity contribution in [3.05, 3.63) is 181 Å². The Balaban J connectivity index is 1.05. The van der Waals surface area contributed by atoms with Crippen molar-refractivity contribution in [2.24, 2.45) is 21.8 Å². The van der Waals surface area contributed by atoms with Crippen molar-refractivity contribution >= 4 is 96.6 Å². The number of allylic oxidation sites excluding steroid dienone is 3. The molecule has 0 bridgehead atoms. The molecule has 274 valence electrons. The number of nitrogens with one attached hydrogen (secondary N) is 1. The van der Waals surface area contributed by atoms with Crippen molar-refractivity contribution < 1.29 is 4.42 Å². The summed E-state index contributed by atoms with van der Waals surface area (Å²) in [6.07, 6.45) is 7.76. The Bertz CT molecular complexity index is 3490. The molecule has 1 aliphatic heterocycles. The Labute approximate surface area is 341 Å². The van der Waals surface area contributed by atoms with E-state index in [0.717, 1.165) is 55.6 Å². The van der Waals surface area contributed by atoms with Crippen LogP contribution in [-0.2, 0) is 0 Å². The van der Waals surface area contributed by atoms with E-state index in [4.69, 9.17) is 14.4 Å². The van der Waals surface area contributed by atoms with Gasteiger partial charge in [-0.2, -0.15) is 0 Å². The zero-order chi connectivity index (χ0) is 37.9. The molecule has 1 fully saturated rings. The predicted octanol–water partition coefficient (Wildman–Crippen LogP) is 13.9. The predicted molar refractivity (Wildman–Crippen MR) is 246 cm³/mol. The number of aliphatic imine (C=N–C) groups is 2. The molecule has 0 amide bonds. The highest BCUT2D eigenvalue weighted by atomic mass is 32.1. The molecule has 3 unspecified atom stereocenters. The van der Waals surface area contributed by atoms with Crippen LogP contribution in [-0.4, -0.2) is 17.8 Å². The summed E-state index contributed by atoms with van der Waals surface area (Å²) in [7, 11) is 0. The summed E-state index contributed by atoms with van der Waals surface area (Å²) in [5.41, 5.74) is 9.57. The quantitative estimate of drug-likeness (QED) is 0.189. The van der Waals surface area contributed by atoms with Gasteiger partial charge in [0.2, 0.25) is 0 Å². The second-order valence-electron chi connectivity index (χ2n) is 15.7. The highest BCUT2D eigenvalue weighted by Gasteiger charge is 2.42. The second kappa shape index (κ2) is 12.4. The third-order valence-electron chi connectivity index (χ3n) is 12.3. The molecular weight excluding hydrogens is 747 g/mol. The first kappa shape index (κ1) is 32.5. The first-order valence-corrected chi connectivity index (χ1v) is 21.5. The molecule has 3 aliphatic rings. The van der Waals surface area contributed by atoms with E-state index < -0.39 is 0 Å². The molecule has 3 atom stereocenters. The maximum absolute atomic E-state index is 6.99. The van der Waals surface area contributed by atoms with E-state index in [2.05, 4.69) is 163 Å². The first-order chi connectivity index (χ1) is 28.7. The lowest BCUT2D eigenvalue weighted by Crippen LogP contribution is -2.40. The van der Waals surface area contributed by atoms with Crippen LogP contribution in [0, 0.1) is 11.8 Å². The van der Waals surface area contributed by atoms with Gasteiger partial charge in [-0.15, -0.1) is 22.7 Å². The van der Waals surface area contributed by atoms with Crippen LogP contribution in [0.2, 0.25) is 0 Å². The summed E-state index contributed by atoms with van der Waals surface area (Å²) in [5, 5.41) is 11.0. The number of rotatable bonds is 5. The second-order valence-corrected chi connectivity index (χ2v) is 17.9. The van der Waals surface area contributed by atoms with Crippen molar-refractivity contribution in [1.82, 2.24) is 5.32 Å². The van der Waals surface area contributed by atoms with Gasteiger partial charge < -0.3 is 9.73 Å². The maximum atomic E-state index is 6.99. The number of benzene rings is 7. The molecule has 6 heteroatoms. The summed E-state index contributed by atoms with van der Waals surface area (Å²) in [6.45, 7) is 0. The third kappa shape index (κ3) is 5.05. The molecule has 0 radical (unpaired) electrons. The summed E-state index contributed by atoms with van der Waals surface area (Å²) in [4.78, 5) is 10.7. The van der Waals surface area contributed by atoms with Crippen molar-refractivity contribution in [3.63, 3.8) is 0 Å². The number of thiophene rings is 2. The highest BCUT2D eigenvalue weighted by Crippen LogP contribution is 2.49. The van der Waals surface area contributed by atoms with Crippen LogP contribution in [0.25, 0.3) is 84.5 Å². The minimum atomic E-state index is -0.205. The van der Waals surface area contributed by atoms with E-state index in [-0.39, 0.29) is 6.17 Å². The molecule has 0 spiro atoms. The molecule has 1 N–H and O–H groups in total. The Kier molecular flexibility index (Phi) is 6.97.